The number of nitrogens with one attached hydrogen (secondary N) is 1. The fourth-order valence-electron chi connectivity index (χ4n) is 1.84. The molecule has 2 aromatic carbocycles. The minimum absolute atomic E-state index is 0.00403. The van der Waals surface area contributed by atoms with Crippen molar-refractivity contribution in [1.29, 1.82) is 0 Å². The minimum Gasteiger partial charge on any atom is -0.507 e. The number of para-hydroxylation sites is 1. The first kappa shape index (κ1) is 15.1. The first-order valence-electron chi connectivity index (χ1n) is 5.95. The molecule has 0 saturated carbocycles. The van der Waals surface area contributed by atoms with Gasteiger partial charge in [0.2, 0.25) is 0 Å². The fourth-order valence-corrected chi connectivity index (χ4v) is 3.46. The Kier molecular flexibility index (Phi) is 4.50. The zero-order chi connectivity index (χ0) is 14.9. The van der Waals surface area contributed by atoms with Gasteiger partial charge in [0.15, 0.2) is 0 Å². The summed E-state index contributed by atoms with van der Waals surface area (Å²) in [4.78, 5) is 12.3. The highest BCUT2D eigenvalue weighted by atomic mass is 79.9. The van der Waals surface area contributed by atoms with Gasteiger partial charge in [0.1, 0.15) is 5.75 Å². The summed E-state index contributed by atoms with van der Waals surface area (Å²) in [6.07, 6.45) is 0. The van der Waals surface area contributed by atoms with E-state index in [0.29, 0.717) is 11.3 Å². The van der Waals surface area contributed by atoms with Crippen LogP contribution >= 0.6 is 31.9 Å². The molecule has 0 aliphatic rings. The lowest BCUT2D eigenvalue weighted by Gasteiger charge is -2.12. The molecule has 0 unspecified atom stereocenters. The maximum absolute atomic E-state index is 12.3. The molecule has 0 saturated heterocycles. The first-order chi connectivity index (χ1) is 9.40. The number of carbonyl (C=O) groups excluding carboxylic acids is 1. The zero-order valence-electron chi connectivity index (χ0n) is 11.0. The molecule has 0 radical (unpaired) electrons. The first-order valence-corrected chi connectivity index (χ1v) is 7.54. The van der Waals surface area contributed by atoms with Gasteiger partial charge < -0.3 is 10.4 Å². The predicted octanol–water partition coefficient (Wildman–Crippen LogP) is 4.79. The van der Waals surface area contributed by atoms with Crippen LogP contribution in [0.1, 0.15) is 21.5 Å². The van der Waals surface area contributed by atoms with E-state index in [-0.39, 0.29) is 17.2 Å². The summed E-state index contributed by atoms with van der Waals surface area (Å²) >= 11 is 6.85. The second-order valence-corrected chi connectivity index (χ2v) is 6.24. The SMILES string of the molecule is Cc1cc(Br)c(NC(=O)c2cccc(C)c2O)c(Br)c1. The monoisotopic (exact) mass is 397 g/mol. The second-order valence-electron chi connectivity index (χ2n) is 4.53. The van der Waals surface area contributed by atoms with Gasteiger partial charge in [-0.15, -0.1) is 0 Å². The van der Waals surface area contributed by atoms with Crippen molar-refractivity contribution >= 4 is 43.5 Å². The number of hydrogen-bond donors (Lipinski definition) is 2. The van der Waals surface area contributed by atoms with Gasteiger partial charge in [-0.25, -0.2) is 0 Å². The van der Waals surface area contributed by atoms with Crippen molar-refractivity contribution in [3.8, 4) is 5.75 Å². The molecule has 0 aromatic heterocycles. The molecule has 2 N–H and O–H groups in total. The molecule has 20 heavy (non-hydrogen) atoms. The van der Waals surface area contributed by atoms with Gasteiger partial charge in [0.05, 0.1) is 11.3 Å². The van der Waals surface area contributed by atoms with Gasteiger partial charge >= 0.3 is 0 Å². The van der Waals surface area contributed by atoms with Crippen LogP contribution in [-0.4, -0.2) is 11.0 Å². The van der Waals surface area contributed by atoms with Gasteiger partial charge in [0, 0.05) is 8.95 Å². The Morgan fingerprint density at radius 2 is 1.75 bits per heavy atom. The average Bonchev–Trinajstić information content (AvgIpc) is 2.36. The molecule has 0 bridgehead atoms. The fraction of sp³-hybridized carbons (Fsp3) is 0.133. The van der Waals surface area contributed by atoms with Crippen molar-refractivity contribution in [2.24, 2.45) is 0 Å². The van der Waals surface area contributed by atoms with Gasteiger partial charge in [-0.05, 0) is 75.0 Å². The number of rotatable bonds is 2. The number of aromatic hydroxyl groups is 1. The summed E-state index contributed by atoms with van der Waals surface area (Å²) in [7, 11) is 0. The number of halogens is 2. The molecule has 0 aliphatic carbocycles. The predicted molar refractivity (Wildman–Crippen MR) is 87.4 cm³/mol. The van der Waals surface area contributed by atoms with Crippen molar-refractivity contribution in [1.82, 2.24) is 0 Å². The van der Waals surface area contributed by atoms with E-state index in [4.69, 9.17) is 0 Å². The van der Waals surface area contributed by atoms with Crippen LogP contribution in [0.2, 0.25) is 0 Å². The highest BCUT2D eigenvalue weighted by molar-refractivity contribution is 9.11. The molecular weight excluding hydrogens is 386 g/mol. The van der Waals surface area contributed by atoms with Gasteiger partial charge in [-0.2, -0.15) is 0 Å². The van der Waals surface area contributed by atoms with Crippen LogP contribution in [0.4, 0.5) is 5.69 Å². The number of phenolic OH excluding ortho intramolecular Hbond substituents is 1. The van der Waals surface area contributed by atoms with Crippen LogP contribution in [0.3, 0.4) is 0 Å². The Morgan fingerprint density at radius 3 is 2.35 bits per heavy atom. The number of benzene rings is 2. The average molecular weight is 399 g/mol. The van der Waals surface area contributed by atoms with E-state index in [1.807, 2.05) is 19.1 Å². The highest BCUT2D eigenvalue weighted by Gasteiger charge is 2.15. The van der Waals surface area contributed by atoms with Crippen LogP contribution in [-0.2, 0) is 0 Å². The van der Waals surface area contributed by atoms with E-state index in [1.54, 1.807) is 25.1 Å². The number of amides is 1. The third-order valence-electron chi connectivity index (χ3n) is 2.91. The standard InChI is InChI=1S/C15H13Br2NO2/c1-8-6-11(16)13(12(17)7-8)18-15(20)10-5-3-4-9(2)14(10)19/h3-7,19H,1-2H3,(H,18,20). The van der Waals surface area contributed by atoms with Crippen molar-refractivity contribution in [2.75, 3.05) is 5.32 Å². The zero-order valence-corrected chi connectivity index (χ0v) is 14.2. The normalized spacial score (nSPS) is 10.4. The van der Waals surface area contributed by atoms with E-state index in [2.05, 4.69) is 37.2 Å². The Bertz CT molecular complexity index is 661. The lowest BCUT2D eigenvalue weighted by Crippen LogP contribution is -2.13. The molecule has 2 rings (SSSR count). The summed E-state index contributed by atoms with van der Waals surface area (Å²) in [6.45, 7) is 3.72. The van der Waals surface area contributed by atoms with E-state index in [0.717, 1.165) is 14.5 Å². The Hall–Kier alpha value is -1.33. The summed E-state index contributed by atoms with van der Waals surface area (Å²) in [6, 6.07) is 8.91. The maximum atomic E-state index is 12.3. The third kappa shape index (κ3) is 3.04. The Labute approximate surface area is 134 Å². The Morgan fingerprint density at radius 1 is 1.15 bits per heavy atom. The molecule has 5 heteroatoms. The molecule has 0 heterocycles. The van der Waals surface area contributed by atoms with Crippen LogP contribution < -0.4 is 5.32 Å². The van der Waals surface area contributed by atoms with Crippen molar-refractivity contribution in [3.05, 3.63) is 56.0 Å². The van der Waals surface area contributed by atoms with Crippen molar-refractivity contribution < 1.29 is 9.90 Å². The number of phenols is 1. The third-order valence-corrected chi connectivity index (χ3v) is 4.16. The van der Waals surface area contributed by atoms with Crippen molar-refractivity contribution in [2.45, 2.75) is 13.8 Å². The van der Waals surface area contributed by atoms with E-state index < -0.39 is 0 Å². The number of aryl methyl sites for hydroxylation is 2. The molecular formula is C15H13Br2NO2. The van der Waals surface area contributed by atoms with E-state index >= 15 is 0 Å². The lowest BCUT2D eigenvalue weighted by molar-refractivity contribution is 0.102. The summed E-state index contributed by atoms with van der Waals surface area (Å²) in [5.41, 5.74) is 2.63. The van der Waals surface area contributed by atoms with Crippen LogP contribution in [0.15, 0.2) is 39.3 Å². The largest absolute Gasteiger partial charge is 0.507 e. The summed E-state index contributed by atoms with van der Waals surface area (Å²) < 4.78 is 1.56. The molecule has 1 amide bonds. The molecule has 0 atom stereocenters. The molecule has 2 aromatic rings. The molecule has 104 valence electrons. The molecule has 0 spiro atoms. The summed E-state index contributed by atoms with van der Waals surface area (Å²) in [5, 5.41) is 12.7. The van der Waals surface area contributed by atoms with E-state index in [9.17, 15) is 9.90 Å². The quantitative estimate of drug-likeness (QED) is 0.764. The maximum Gasteiger partial charge on any atom is 0.259 e. The molecule has 0 fully saturated rings. The lowest BCUT2D eigenvalue weighted by atomic mass is 10.1. The van der Waals surface area contributed by atoms with Crippen LogP contribution in [0.5, 0.6) is 5.75 Å². The number of hydrogen-bond acceptors (Lipinski definition) is 2. The van der Waals surface area contributed by atoms with Gasteiger partial charge in [-0.3, -0.25) is 4.79 Å². The second kappa shape index (κ2) is 5.97. The minimum atomic E-state index is -0.351. The summed E-state index contributed by atoms with van der Waals surface area (Å²) in [5.74, 6) is -0.346. The number of anilines is 1. The van der Waals surface area contributed by atoms with Crippen molar-refractivity contribution in [3.63, 3.8) is 0 Å². The number of carbonyl (C=O) groups is 1. The van der Waals surface area contributed by atoms with Gasteiger partial charge in [-0.1, -0.05) is 12.1 Å². The van der Waals surface area contributed by atoms with Crippen LogP contribution in [0.25, 0.3) is 0 Å². The van der Waals surface area contributed by atoms with E-state index in [1.165, 1.54) is 0 Å². The molecule has 0 aliphatic heterocycles. The Balaban J connectivity index is 2.36. The highest BCUT2D eigenvalue weighted by Crippen LogP contribution is 2.33. The molecule has 3 nitrogen and oxygen atoms in total. The van der Waals surface area contributed by atoms with Gasteiger partial charge in [0.25, 0.3) is 5.91 Å². The smallest absolute Gasteiger partial charge is 0.259 e. The topological polar surface area (TPSA) is 49.3 Å². The van der Waals surface area contributed by atoms with Crippen LogP contribution in [0, 0.1) is 13.8 Å².